The van der Waals surface area contributed by atoms with Crippen LogP contribution in [0.5, 0.6) is 0 Å². The predicted octanol–water partition coefficient (Wildman–Crippen LogP) is 4.98. The van der Waals surface area contributed by atoms with Crippen molar-refractivity contribution in [2.24, 2.45) is 0 Å². The molecule has 0 bridgehead atoms. The van der Waals surface area contributed by atoms with Crippen molar-refractivity contribution in [3.63, 3.8) is 0 Å². The van der Waals surface area contributed by atoms with Gasteiger partial charge in [0, 0.05) is 22.1 Å². The van der Waals surface area contributed by atoms with Crippen LogP contribution < -0.4 is 5.32 Å². The lowest BCUT2D eigenvalue weighted by Crippen LogP contribution is -2.49. The first-order valence-electron chi connectivity index (χ1n) is 9.39. The minimum atomic E-state index is -0.572. The third kappa shape index (κ3) is 6.64. The zero-order valence-corrected chi connectivity index (χ0v) is 18.8. The van der Waals surface area contributed by atoms with E-state index in [1.54, 1.807) is 24.0 Å². The second-order valence-electron chi connectivity index (χ2n) is 6.95. The van der Waals surface area contributed by atoms with Crippen LogP contribution >= 0.6 is 27.5 Å². The van der Waals surface area contributed by atoms with E-state index in [2.05, 4.69) is 21.2 Å². The Balaban J connectivity index is 2.20. The van der Waals surface area contributed by atoms with Crippen LogP contribution in [0.2, 0.25) is 5.02 Å². The molecule has 4 nitrogen and oxygen atoms in total. The Morgan fingerprint density at radius 3 is 2.18 bits per heavy atom. The summed E-state index contributed by atoms with van der Waals surface area (Å²) in [6, 6.07) is 14.5. The zero-order chi connectivity index (χ0) is 20.7. The van der Waals surface area contributed by atoms with Crippen LogP contribution in [0.15, 0.2) is 53.0 Å². The predicted molar refractivity (Wildman–Crippen MR) is 117 cm³/mol. The minimum Gasteiger partial charge on any atom is -0.352 e. The molecule has 0 radical (unpaired) electrons. The third-order valence-corrected chi connectivity index (χ3v) is 5.48. The van der Waals surface area contributed by atoms with E-state index in [1.807, 2.05) is 50.2 Å². The summed E-state index contributed by atoms with van der Waals surface area (Å²) >= 11 is 9.36. The van der Waals surface area contributed by atoms with Crippen molar-refractivity contribution in [3.8, 4) is 0 Å². The summed E-state index contributed by atoms with van der Waals surface area (Å²) in [5.41, 5.74) is 1.83. The molecule has 0 fully saturated rings. The van der Waals surface area contributed by atoms with Gasteiger partial charge in [-0.2, -0.15) is 0 Å². The molecular weight excluding hydrogens is 440 g/mol. The molecule has 2 rings (SSSR count). The molecule has 2 amide bonds. The minimum absolute atomic E-state index is 0.0656. The average Bonchev–Trinajstić information content (AvgIpc) is 2.68. The molecule has 150 valence electrons. The summed E-state index contributed by atoms with van der Waals surface area (Å²) in [5, 5.41) is 3.60. The lowest BCUT2D eigenvalue weighted by molar-refractivity contribution is -0.140. The number of amides is 2. The molecule has 1 N–H and O–H groups in total. The Kier molecular flexibility index (Phi) is 8.52. The highest BCUT2D eigenvalue weighted by Crippen LogP contribution is 2.16. The van der Waals surface area contributed by atoms with E-state index < -0.39 is 6.04 Å². The second-order valence-corrected chi connectivity index (χ2v) is 8.30. The van der Waals surface area contributed by atoms with E-state index in [1.165, 1.54) is 0 Å². The molecule has 0 unspecified atom stereocenters. The van der Waals surface area contributed by atoms with E-state index in [0.717, 1.165) is 22.0 Å². The van der Waals surface area contributed by atoms with Gasteiger partial charge in [0.05, 0.1) is 6.42 Å². The van der Waals surface area contributed by atoms with Gasteiger partial charge in [0.2, 0.25) is 11.8 Å². The molecule has 0 aromatic heterocycles. The summed E-state index contributed by atoms with van der Waals surface area (Å²) in [7, 11) is 0. The Bertz CT molecular complexity index is 793. The summed E-state index contributed by atoms with van der Waals surface area (Å²) < 4.78 is 0.970. The number of carbonyl (C=O) groups is 2. The Hall–Kier alpha value is -1.85. The molecule has 0 saturated heterocycles. The van der Waals surface area contributed by atoms with Gasteiger partial charge in [0.15, 0.2) is 0 Å². The number of benzene rings is 2. The first-order chi connectivity index (χ1) is 13.3. The maximum atomic E-state index is 13.1. The van der Waals surface area contributed by atoms with Crippen molar-refractivity contribution in [3.05, 3.63) is 69.2 Å². The zero-order valence-electron chi connectivity index (χ0n) is 16.4. The fourth-order valence-electron chi connectivity index (χ4n) is 2.71. The van der Waals surface area contributed by atoms with Gasteiger partial charge in [0.25, 0.3) is 0 Å². The molecule has 0 aliphatic rings. The average molecular weight is 466 g/mol. The lowest BCUT2D eigenvalue weighted by atomic mass is 10.1. The van der Waals surface area contributed by atoms with Crippen LogP contribution in [-0.2, 0) is 22.6 Å². The first kappa shape index (κ1) is 22.4. The van der Waals surface area contributed by atoms with Crippen molar-refractivity contribution in [2.45, 2.75) is 52.2 Å². The van der Waals surface area contributed by atoms with Gasteiger partial charge in [-0.1, -0.05) is 58.7 Å². The Morgan fingerprint density at radius 1 is 1.04 bits per heavy atom. The number of hydrogen-bond donors (Lipinski definition) is 1. The van der Waals surface area contributed by atoms with Crippen LogP contribution in [0, 0.1) is 0 Å². The number of hydrogen-bond acceptors (Lipinski definition) is 2. The highest BCUT2D eigenvalue weighted by molar-refractivity contribution is 9.10. The number of nitrogens with zero attached hydrogens (tertiary/aromatic N) is 1. The van der Waals surface area contributed by atoms with Gasteiger partial charge in [-0.15, -0.1) is 0 Å². The third-order valence-electron chi connectivity index (χ3n) is 4.70. The Morgan fingerprint density at radius 2 is 1.61 bits per heavy atom. The SMILES string of the molecule is CC[C@H](C)NC(=O)[C@H](C)N(Cc1ccc(Br)cc1)C(=O)Cc1ccc(Cl)cc1. The molecule has 2 aromatic carbocycles. The van der Waals surface area contributed by atoms with E-state index in [0.29, 0.717) is 11.6 Å². The molecule has 6 heteroatoms. The quantitative estimate of drug-likeness (QED) is 0.598. The van der Waals surface area contributed by atoms with Crippen molar-refractivity contribution in [1.29, 1.82) is 0 Å². The van der Waals surface area contributed by atoms with Gasteiger partial charge in [-0.25, -0.2) is 0 Å². The van der Waals surface area contributed by atoms with Crippen LogP contribution in [0.3, 0.4) is 0 Å². The smallest absolute Gasteiger partial charge is 0.242 e. The van der Waals surface area contributed by atoms with Crippen LogP contribution in [0.1, 0.15) is 38.3 Å². The van der Waals surface area contributed by atoms with Crippen LogP contribution in [0.25, 0.3) is 0 Å². The molecule has 2 atom stereocenters. The van der Waals surface area contributed by atoms with E-state index >= 15 is 0 Å². The fraction of sp³-hybridized carbons (Fsp3) is 0.364. The van der Waals surface area contributed by atoms with Crippen molar-refractivity contribution in [2.75, 3.05) is 0 Å². The summed E-state index contributed by atoms with van der Waals surface area (Å²) in [6.45, 7) is 6.12. The van der Waals surface area contributed by atoms with E-state index in [4.69, 9.17) is 11.6 Å². The van der Waals surface area contributed by atoms with Gasteiger partial charge in [-0.05, 0) is 55.7 Å². The number of carbonyl (C=O) groups excluding carboxylic acids is 2. The summed E-state index contributed by atoms with van der Waals surface area (Å²) in [6.07, 6.45) is 1.05. The van der Waals surface area contributed by atoms with Gasteiger partial charge in [0.1, 0.15) is 6.04 Å². The maximum absolute atomic E-state index is 13.1. The molecular formula is C22H26BrClN2O2. The highest BCUT2D eigenvalue weighted by Gasteiger charge is 2.26. The normalized spacial score (nSPS) is 12.9. The first-order valence-corrected chi connectivity index (χ1v) is 10.6. The molecule has 0 aliphatic heterocycles. The van der Waals surface area contributed by atoms with E-state index in [9.17, 15) is 9.59 Å². The standard InChI is InChI=1S/C22H26BrClN2O2/c1-4-15(2)25-22(28)16(3)26(14-18-5-9-19(23)10-6-18)21(27)13-17-7-11-20(24)12-8-17/h5-12,15-16H,4,13-14H2,1-3H3,(H,25,28)/t15-,16-/m0/s1. The largest absolute Gasteiger partial charge is 0.352 e. The molecule has 0 aliphatic carbocycles. The number of nitrogens with one attached hydrogen (secondary N) is 1. The number of rotatable bonds is 8. The van der Waals surface area contributed by atoms with E-state index in [-0.39, 0.29) is 24.3 Å². The lowest BCUT2D eigenvalue weighted by Gasteiger charge is -2.30. The second kappa shape index (κ2) is 10.6. The highest BCUT2D eigenvalue weighted by atomic mass is 79.9. The maximum Gasteiger partial charge on any atom is 0.242 e. The van der Waals surface area contributed by atoms with Gasteiger partial charge in [-0.3, -0.25) is 9.59 Å². The monoisotopic (exact) mass is 464 g/mol. The Labute approximate surface area is 180 Å². The summed E-state index contributed by atoms with van der Waals surface area (Å²) in [5.74, 6) is -0.243. The van der Waals surface area contributed by atoms with Gasteiger partial charge >= 0.3 is 0 Å². The fourth-order valence-corrected chi connectivity index (χ4v) is 3.10. The van der Waals surface area contributed by atoms with Gasteiger partial charge < -0.3 is 10.2 Å². The summed E-state index contributed by atoms with van der Waals surface area (Å²) in [4.78, 5) is 27.4. The molecule has 0 heterocycles. The van der Waals surface area contributed by atoms with Crippen LogP contribution in [0.4, 0.5) is 0 Å². The number of halogens is 2. The van der Waals surface area contributed by atoms with Crippen molar-refractivity contribution < 1.29 is 9.59 Å². The molecule has 28 heavy (non-hydrogen) atoms. The van der Waals surface area contributed by atoms with Crippen molar-refractivity contribution >= 4 is 39.3 Å². The topological polar surface area (TPSA) is 49.4 Å². The van der Waals surface area contributed by atoms with Crippen molar-refractivity contribution in [1.82, 2.24) is 10.2 Å². The molecule has 0 spiro atoms. The van der Waals surface area contributed by atoms with Crippen LogP contribution in [-0.4, -0.2) is 28.8 Å². The molecule has 0 saturated carbocycles. The molecule has 2 aromatic rings.